The number of fused-ring (bicyclic) bond motifs is 1. The van der Waals surface area contributed by atoms with Crippen LogP contribution in [-0.2, 0) is 13.1 Å². The minimum Gasteiger partial charge on any atom is -0.324 e. The summed E-state index contributed by atoms with van der Waals surface area (Å²) in [5.41, 5.74) is 5.17. The molecule has 2 heterocycles. The number of hydrogen-bond donors (Lipinski definition) is 0. The van der Waals surface area contributed by atoms with Crippen molar-refractivity contribution in [3.63, 3.8) is 0 Å². The maximum atomic E-state index is 13.4. The predicted molar refractivity (Wildman–Crippen MR) is 117 cm³/mol. The largest absolute Gasteiger partial charge is 0.329 e. The van der Waals surface area contributed by atoms with Crippen LogP contribution in [0.1, 0.15) is 11.1 Å². The summed E-state index contributed by atoms with van der Waals surface area (Å²) in [6, 6.07) is 30.5. The third-order valence-corrected chi connectivity index (χ3v) is 5.27. The number of aromatic nitrogens is 3. The lowest BCUT2D eigenvalue weighted by Crippen LogP contribution is -2.25. The van der Waals surface area contributed by atoms with E-state index in [0.717, 1.165) is 27.8 Å². The molecular formula is C25H21N3O. The molecule has 0 radical (unpaired) electrons. The number of imidazole rings is 1. The second-order valence-electron chi connectivity index (χ2n) is 7.19. The van der Waals surface area contributed by atoms with E-state index in [2.05, 4.69) is 47.0 Å². The minimum absolute atomic E-state index is 0.0114. The Morgan fingerprint density at radius 3 is 1.72 bits per heavy atom. The topological polar surface area (TPSA) is 31.9 Å². The fourth-order valence-electron chi connectivity index (χ4n) is 3.81. The molecule has 4 nitrogen and oxygen atoms in total. The summed E-state index contributed by atoms with van der Waals surface area (Å²) < 4.78 is 5.80. The Morgan fingerprint density at radius 2 is 1.14 bits per heavy atom. The Labute approximate surface area is 168 Å². The van der Waals surface area contributed by atoms with E-state index in [9.17, 15) is 4.79 Å². The van der Waals surface area contributed by atoms with E-state index in [4.69, 9.17) is 0 Å². The van der Waals surface area contributed by atoms with Crippen LogP contribution in [-0.4, -0.2) is 13.7 Å². The summed E-state index contributed by atoms with van der Waals surface area (Å²) in [4.78, 5) is 13.4. The zero-order chi connectivity index (χ0) is 19.6. The Balaban J connectivity index is 1.68. The molecule has 0 aliphatic rings. The second kappa shape index (κ2) is 7.32. The number of benzene rings is 3. The van der Waals surface area contributed by atoms with Crippen molar-refractivity contribution < 1.29 is 0 Å². The van der Waals surface area contributed by atoms with E-state index in [1.807, 2.05) is 70.1 Å². The van der Waals surface area contributed by atoms with Crippen LogP contribution in [0, 0.1) is 0 Å². The van der Waals surface area contributed by atoms with Gasteiger partial charge in [0.2, 0.25) is 0 Å². The predicted octanol–water partition coefficient (Wildman–Crippen LogP) is 4.69. The van der Waals surface area contributed by atoms with Gasteiger partial charge in [-0.3, -0.25) is 9.13 Å². The van der Waals surface area contributed by atoms with Crippen molar-refractivity contribution in [3.8, 4) is 5.69 Å². The average molecular weight is 379 g/mol. The van der Waals surface area contributed by atoms with Crippen LogP contribution in [0.5, 0.6) is 0 Å². The van der Waals surface area contributed by atoms with Gasteiger partial charge in [0.1, 0.15) is 0 Å². The number of rotatable bonds is 5. The lowest BCUT2D eigenvalue weighted by Gasteiger charge is -2.07. The summed E-state index contributed by atoms with van der Waals surface area (Å²) in [6.07, 6.45) is 4.03. The van der Waals surface area contributed by atoms with Gasteiger partial charge in [-0.05, 0) is 41.5 Å². The molecule has 0 N–H and O–H groups in total. The van der Waals surface area contributed by atoms with Gasteiger partial charge < -0.3 is 4.57 Å². The molecule has 4 heteroatoms. The summed E-state index contributed by atoms with van der Waals surface area (Å²) in [6.45, 7) is 1.11. The zero-order valence-corrected chi connectivity index (χ0v) is 16.0. The van der Waals surface area contributed by atoms with Crippen molar-refractivity contribution in [1.29, 1.82) is 0 Å². The smallest absolute Gasteiger partial charge is 0.324 e. The number of nitrogens with zero attached hydrogens (tertiary/aromatic N) is 3. The van der Waals surface area contributed by atoms with Crippen LogP contribution in [0.2, 0.25) is 0 Å². The van der Waals surface area contributed by atoms with Crippen molar-refractivity contribution in [1.82, 2.24) is 13.7 Å². The van der Waals surface area contributed by atoms with E-state index in [-0.39, 0.29) is 5.69 Å². The molecule has 0 aliphatic heterocycles. The van der Waals surface area contributed by atoms with Crippen LogP contribution in [0.15, 0.2) is 108 Å². The first-order chi connectivity index (χ1) is 14.3. The molecule has 5 rings (SSSR count). The average Bonchev–Trinajstić information content (AvgIpc) is 3.39. The third kappa shape index (κ3) is 3.29. The maximum absolute atomic E-state index is 13.4. The molecule has 142 valence electrons. The molecule has 0 saturated carbocycles. The van der Waals surface area contributed by atoms with Crippen molar-refractivity contribution in [2.45, 2.75) is 13.1 Å². The van der Waals surface area contributed by atoms with Gasteiger partial charge in [-0.1, -0.05) is 60.7 Å². The lowest BCUT2D eigenvalue weighted by atomic mass is 10.2. The fourth-order valence-corrected chi connectivity index (χ4v) is 3.81. The highest BCUT2D eigenvalue weighted by Gasteiger charge is 2.15. The van der Waals surface area contributed by atoms with Crippen LogP contribution >= 0.6 is 0 Å². The van der Waals surface area contributed by atoms with Gasteiger partial charge in [-0.15, -0.1) is 0 Å². The van der Waals surface area contributed by atoms with Crippen molar-refractivity contribution >= 4 is 11.0 Å². The monoisotopic (exact) mass is 379 g/mol. The van der Waals surface area contributed by atoms with Crippen molar-refractivity contribution in [3.05, 3.63) is 125 Å². The van der Waals surface area contributed by atoms with Crippen LogP contribution < -0.4 is 5.69 Å². The highest BCUT2D eigenvalue weighted by molar-refractivity contribution is 5.79. The molecule has 29 heavy (non-hydrogen) atoms. The molecule has 0 amide bonds. The Kier molecular flexibility index (Phi) is 4.37. The molecule has 0 unspecified atom stereocenters. The van der Waals surface area contributed by atoms with Gasteiger partial charge in [-0.25, -0.2) is 4.79 Å². The molecule has 5 aromatic rings. The van der Waals surface area contributed by atoms with Crippen LogP contribution in [0.25, 0.3) is 16.7 Å². The lowest BCUT2D eigenvalue weighted by molar-refractivity contribution is 0.701. The zero-order valence-electron chi connectivity index (χ0n) is 16.0. The van der Waals surface area contributed by atoms with E-state index in [0.29, 0.717) is 13.1 Å². The summed E-state index contributed by atoms with van der Waals surface area (Å²) in [5, 5.41) is 0. The molecule has 0 saturated heterocycles. The first-order valence-corrected chi connectivity index (χ1v) is 9.74. The quantitative estimate of drug-likeness (QED) is 0.436. The minimum atomic E-state index is 0.0114. The molecule has 2 aromatic heterocycles. The van der Waals surface area contributed by atoms with Gasteiger partial charge in [0.05, 0.1) is 24.1 Å². The van der Waals surface area contributed by atoms with Gasteiger partial charge >= 0.3 is 5.69 Å². The molecule has 0 spiro atoms. The van der Waals surface area contributed by atoms with Gasteiger partial charge in [0.25, 0.3) is 0 Å². The van der Waals surface area contributed by atoms with E-state index in [1.165, 1.54) is 0 Å². The fraction of sp³-hybridized carbons (Fsp3) is 0.0800. The van der Waals surface area contributed by atoms with Crippen LogP contribution in [0.3, 0.4) is 0 Å². The maximum Gasteiger partial charge on any atom is 0.329 e. The second-order valence-corrected chi connectivity index (χ2v) is 7.19. The highest BCUT2D eigenvalue weighted by atomic mass is 16.1. The molecular weight excluding hydrogens is 358 g/mol. The first-order valence-electron chi connectivity index (χ1n) is 9.74. The SMILES string of the molecule is O=c1n(Cc2ccccc2)c2ccc(-n3cccc3)cc2n1Cc1ccccc1. The van der Waals surface area contributed by atoms with E-state index < -0.39 is 0 Å². The summed E-state index contributed by atoms with van der Waals surface area (Å²) >= 11 is 0. The standard InChI is InChI=1S/C25H21N3O/c29-25-27(18-20-9-3-1-4-10-20)23-14-13-22(26-15-7-8-16-26)17-24(23)28(25)19-21-11-5-2-6-12-21/h1-17H,18-19H2. The Morgan fingerprint density at radius 1 is 0.586 bits per heavy atom. The van der Waals surface area contributed by atoms with Crippen molar-refractivity contribution in [2.24, 2.45) is 0 Å². The molecule has 3 aromatic carbocycles. The molecule has 0 fully saturated rings. The molecule has 0 bridgehead atoms. The molecule has 0 aliphatic carbocycles. The first kappa shape index (κ1) is 17.3. The molecule has 0 atom stereocenters. The van der Waals surface area contributed by atoms with Crippen molar-refractivity contribution in [2.75, 3.05) is 0 Å². The number of hydrogen-bond acceptors (Lipinski definition) is 1. The Bertz CT molecular complexity index is 1300. The Hall–Kier alpha value is -3.79. The third-order valence-electron chi connectivity index (χ3n) is 5.27. The van der Waals surface area contributed by atoms with Gasteiger partial charge in [-0.2, -0.15) is 0 Å². The normalized spacial score (nSPS) is 11.2. The van der Waals surface area contributed by atoms with E-state index >= 15 is 0 Å². The van der Waals surface area contributed by atoms with Gasteiger partial charge in [0, 0.05) is 18.1 Å². The van der Waals surface area contributed by atoms with Crippen LogP contribution in [0.4, 0.5) is 0 Å². The van der Waals surface area contributed by atoms with E-state index in [1.54, 1.807) is 0 Å². The summed E-state index contributed by atoms with van der Waals surface area (Å²) in [7, 11) is 0. The van der Waals surface area contributed by atoms with Gasteiger partial charge in [0.15, 0.2) is 0 Å². The highest BCUT2D eigenvalue weighted by Crippen LogP contribution is 2.20. The summed E-state index contributed by atoms with van der Waals surface area (Å²) in [5.74, 6) is 0.